The molecule has 4 rings (SSSR count). The number of ether oxygens (including phenoxy) is 1. The molecule has 0 radical (unpaired) electrons. The summed E-state index contributed by atoms with van der Waals surface area (Å²) in [6, 6.07) is 0. The summed E-state index contributed by atoms with van der Waals surface area (Å²) in [6.07, 6.45) is 0.444. The number of carbonyl (C=O) groups excluding carboxylic acids is 3. The third-order valence-corrected chi connectivity index (χ3v) is 10.5. The monoisotopic (exact) mass is 578 g/mol. The van der Waals surface area contributed by atoms with Gasteiger partial charge in [-0.05, 0) is 49.3 Å². The Hall–Kier alpha value is -1.20. The van der Waals surface area contributed by atoms with Crippen molar-refractivity contribution >= 4 is 40.1 Å². The lowest BCUT2D eigenvalue weighted by atomic mass is 9.44. The van der Waals surface area contributed by atoms with Crippen LogP contribution in [0.25, 0.3) is 0 Å². The molecule has 10 atom stereocenters. The van der Waals surface area contributed by atoms with Crippen molar-refractivity contribution in [2.75, 3.05) is 6.61 Å². The Morgan fingerprint density at radius 3 is 2.58 bits per heavy atom. The molecule has 0 saturated heterocycles. The lowest BCUT2D eigenvalue weighted by Crippen LogP contribution is -2.73. The van der Waals surface area contributed by atoms with Gasteiger partial charge in [-0.15, -0.1) is 0 Å². The molecule has 3 fully saturated rings. The maximum absolute atomic E-state index is 17.3. The Kier molecular flexibility index (Phi) is 5.77. The molecule has 3 saturated carbocycles. The van der Waals surface area contributed by atoms with Crippen LogP contribution >= 0.6 is 22.6 Å². The third-order valence-electron chi connectivity index (χ3n) is 9.06. The van der Waals surface area contributed by atoms with Crippen molar-refractivity contribution in [1.29, 1.82) is 0 Å². The minimum absolute atomic E-state index is 0.0167. The average Bonchev–Trinajstić information content (AvgIpc) is 2.93. The average molecular weight is 578 g/mol. The van der Waals surface area contributed by atoms with Crippen molar-refractivity contribution in [3.8, 4) is 0 Å². The number of rotatable bonds is 3. The van der Waals surface area contributed by atoms with E-state index in [-0.39, 0.29) is 18.4 Å². The van der Waals surface area contributed by atoms with Crippen LogP contribution in [0.4, 0.5) is 8.78 Å². The zero-order valence-electron chi connectivity index (χ0n) is 19.0. The highest BCUT2D eigenvalue weighted by atomic mass is 127. The molecule has 0 aliphatic heterocycles. The van der Waals surface area contributed by atoms with Gasteiger partial charge in [-0.2, -0.15) is 0 Å². The van der Waals surface area contributed by atoms with Crippen LogP contribution in [-0.2, 0) is 19.1 Å². The van der Waals surface area contributed by atoms with Gasteiger partial charge in [0.2, 0.25) is 5.78 Å². The van der Waals surface area contributed by atoms with Crippen LogP contribution in [0.2, 0.25) is 0 Å². The molecule has 9 heteroatoms. The summed E-state index contributed by atoms with van der Waals surface area (Å²) in [7, 11) is 0. The number of Topliss-reactive ketones (excluding diaryl/α,β-unsaturated/α-hetero) is 1. The highest BCUT2D eigenvalue weighted by molar-refractivity contribution is 14.1. The lowest BCUT2D eigenvalue weighted by molar-refractivity contribution is -0.221. The molecule has 0 aromatic carbocycles. The Bertz CT molecular complexity index is 982. The second-order valence-electron chi connectivity index (χ2n) is 10.5. The Balaban J connectivity index is 1.84. The number of carbonyl (C=O) groups is 3. The van der Waals surface area contributed by atoms with Gasteiger partial charge >= 0.3 is 5.97 Å². The molecule has 2 N–H and O–H groups in total. The van der Waals surface area contributed by atoms with E-state index >= 15 is 8.78 Å². The smallest absolute Gasteiger partial charge is 0.303 e. The van der Waals surface area contributed by atoms with E-state index < -0.39 is 80.2 Å². The number of esters is 1. The van der Waals surface area contributed by atoms with E-state index in [4.69, 9.17) is 4.74 Å². The number of halogens is 3. The highest BCUT2D eigenvalue weighted by Gasteiger charge is 2.78. The minimum atomic E-state index is -2.31. The van der Waals surface area contributed by atoms with Crippen LogP contribution in [0, 0.1) is 28.6 Å². The van der Waals surface area contributed by atoms with Gasteiger partial charge < -0.3 is 14.9 Å². The van der Waals surface area contributed by atoms with Crippen LogP contribution in [0.5, 0.6) is 0 Å². The molecular formula is C24H29F2IO6. The van der Waals surface area contributed by atoms with Gasteiger partial charge in [0, 0.05) is 23.7 Å². The third kappa shape index (κ3) is 2.97. The molecule has 0 spiro atoms. The molecule has 0 aromatic rings. The van der Waals surface area contributed by atoms with Gasteiger partial charge in [0.05, 0.1) is 10.0 Å². The molecule has 33 heavy (non-hydrogen) atoms. The molecule has 4 aliphatic carbocycles. The number of aliphatic hydroxyl groups excluding tert-OH is 1. The second kappa shape index (κ2) is 7.65. The summed E-state index contributed by atoms with van der Waals surface area (Å²) in [6.45, 7) is 5.34. The Labute approximate surface area is 205 Å². The van der Waals surface area contributed by atoms with Crippen molar-refractivity contribution < 1.29 is 38.1 Å². The predicted octanol–water partition coefficient (Wildman–Crippen LogP) is 2.83. The second-order valence-corrected chi connectivity index (χ2v) is 12.0. The van der Waals surface area contributed by atoms with Gasteiger partial charge in [-0.25, -0.2) is 8.78 Å². The highest BCUT2D eigenvalue weighted by Crippen LogP contribution is 2.71. The van der Waals surface area contributed by atoms with Gasteiger partial charge in [-0.3, -0.25) is 14.4 Å². The zero-order chi connectivity index (χ0) is 24.7. The van der Waals surface area contributed by atoms with Gasteiger partial charge in [-0.1, -0.05) is 42.5 Å². The topological polar surface area (TPSA) is 101 Å². The van der Waals surface area contributed by atoms with E-state index in [9.17, 15) is 24.6 Å². The standard InChI is InChI=1S/C24H29F2IO6/c1-11-7-14-18-20(27)19(25)15-8-13(29)5-6-21(15,3)23(18,26)16(30)9-22(14,4)24(11,32)17(31)10-33-12(2)28/h5-6,8,11,14,16,18-20,30,32H,7,9-10H2,1-4H3/t11?,14-,16?,18+,19?,20?,21-,22-,23+,24-/m0/s1. The van der Waals surface area contributed by atoms with Crippen LogP contribution in [0.15, 0.2) is 23.8 Å². The van der Waals surface area contributed by atoms with E-state index in [0.717, 1.165) is 13.0 Å². The van der Waals surface area contributed by atoms with Gasteiger partial charge in [0.25, 0.3) is 0 Å². The molecule has 0 heterocycles. The number of allylic oxidation sites excluding steroid dienone is 4. The maximum atomic E-state index is 17.3. The zero-order valence-corrected chi connectivity index (χ0v) is 21.1. The van der Waals surface area contributed by atoms with Gasteiger partial charge in [0.15, 0.2) is 18.1 Å². The first-order valence-corrected chi connectivity index (χ1v) is 12.4. The van der Waals surface area contributed by atoms with Crippen LogP contribution in [-0.4, -0.2) is 61.8 Å². The summed E-state index contributed by atoms with van der Waals surface area (Å²) < 4.78 is 36.9. The largest absolute Gasteiger partial charge is 0.458 e. The summed E-state index contributed by atoms with van der Waals surface area (Å²) in [5.41, 5.74) is -7.08. The fourth-order valence-corrected chi connectivity index (χ4v) is 8.77. The molecule has 0 bridgehead atoms. The van der Waals surface area contributed by atoms with E-state index in [1.807, 2.05) is 22.6 Å². The van der Waals surface area contributed by atoms with Crippen LogP contribution in [0.3, 0.4) is 0 Å². The number of hydrogen-bond acceptors (Lipinski definition) is 6. The van der Waals surface area contributed by atoms with Crippen molar-refractivity contribution in [2.24, 2.45) is 28.6 Å². The molecule has 4 aliphatic rings. The summed E-state index contributed by atoms with van der Waals surface area (Å²) >= 11 is 1.85. The first-order valence-electron chi connectivity index (χ1n) is 11.2. The van der Waals surface area contributed by atoms with E-state index in [1.165, 1.54) is 19.1 Å². The first-order chi connectivity index (χ1) is 15.2. The Morgan fingerprint density at radius 1 is 1.33 bits per heavy atom. The van der Waals surface area contributed by atoms with E-state index in [1.54, 1.807) is 13.8 Å². The van der Waals surface area contributed by atoms with Crippen molar-refractivity contribution in [2.45, 2.75) is 68.0 Å². The number of aliphatic hydroxyl groups is 2. The SMILES string of the molecule is CC(=O)OCC(=O)[C@@]1(O)C(C)C[C@H]2[C@@H]3C(I)C(F)C4=CC(=O)C=C[C@]4(C)[C@@]3(F)C(O)C[C@@]21C. The van der Waals surface area contributed by atoms with Crippen molar-refractivity contribution in [1.82, 2.24) is 0 Å². The molecule has 182 valence electrons. The first kappa shape index (κ1) is 24.9. The number of ketones is 2. The van der Waals surface area contributed by atoms with Crippen LogP contribution in [0.1, 0.15) is 40.5 Å². The van der Waals surface area contributed by atoms with E-state index in [2.05, 4.69) is 0 Å². The predicted molar refractivity (Wildman–Crippen MR) is 123 cm³/mol. The molecule has 0 aromatic heterocycles. The molecule has 6 nitrogen and oxygen atoms in total. The van der Waals surface area contributed by atoms with Crippen molar-refractivity contribution in [3.63, 3.8) is 0 Å². The summed E-state index contributed by atoms with van der Waals surface area (Å²) in [5, 5.41) is 23.0. The van der Waals surface area contributed by atoms with E-state index in [0.29, 0.717) is 0 Å². The normalized spacial score (nSPS) is 50.7. The van der Waals surface area contributed by atoms with Crippen LogP contribution < -0.4 is 0 Å². The Morgan fingerprint density at radius 2 is 1.97 bits per heavy atom. The fourth-order valence-electron chi connectivity index (χ4n) is 7.35. The number of alkyl halides is 3. The summed E-state index contributed by atoms with van der Waals surface area (Å²) in [4.78, 5) is 36.3. The fraction of sp³-hybridized carbons (Fsp3) is 0.708. The van der Waals surface area contributed by atoms with Crippen molar-refractivity contribution in [3.05, 3.63) is 23.8 Å². The molecule has 0 amide bonds. The minimum Gasteiger partial charge on any atom is -0.458 e. The molecular weight excluding hydrogens is 549 g/mol. The lowest BCUT2D eigenvalue weighted by Gasteiger charge is -2.64. The maximum Gasteiger partial charge on any atom is 0.303 e. The number of fused-ring (bicyclic) bond motifs is 5. The molecule has 4 unspecified atom stereocenters. The quantitative estimate of drug-likeness (QED) is 0.304. The van der Waals surface area contributed by atoms with Gasteiger partial charge in [0.1, 0.15) is 11.8 Å². The number of hydrogen-bond donors (Lipinski definition) is 2. The summed E-state index contributed by atoms with van der Waals surface area (Å²) in [5.74, 6) is -4.08.